The predicted molar refractivity (Wildman–Crippen MR) is 100.0 cm³/mol. The Morgan fingerprint density at radius 1 is 1.18 bits per heavy atom. The van der Waals surface area contributed by atoms with Gasteiger partial charge in [-0.25, -0.2) is 4.39 Å². The average Bonchev–Trinajstić information content (AvgIpc) is 2.68. The molecular weight excluding hydrogens is 365 g/mol. The van der Waals surface area contributed by atoms with Crippen molar-refractivity contribution in [1.82, 2.24) is 0 Å². The molecule has 0 heterocycles. The summed E-state index contributed by atoms with van der Waals surface area (Å²) in [5.41, 5.74) is 1.91. The maximum atomic E-state index is 13.2. The van der Waals surface area contributed by atoms with E-state index < -0.39 is 28.5 Å². The molecule has 0 saturated heterocycles. The Labute approximate surface area is 160 Å². The first-order valence-electron chi connectivity index (χ1n) is 8.82. The summed E-state index contributed by atoms with van der Waals surface area (Å²) in [7, 11) is 0. The second-order valence-electron chi connectivity index (χ2n) is 6.47. The highest BCUT2D eigenvalue weighted by atomic mass is 19.1. The molecule has 0 aromatic heterocycles. The number of esters is 1. The summed E-state index contributed by atoms with van der Waals surface area (Å²) in [5, 5.41) is 10.9. The Bertz CT molecular complexity index is 934. The number of nitrogens with zero attached hydrogens (tertiary/aromatic N) is 1. The number of ketones is 1. The summed E-state index contributed by atoms with van der Waals surface area (Å²) >= 11 is 0. The van der Waals surface area contributed by atoms with Gasteiger partial charge in [0.2, 0.25) is 0 Å². The van der Waals surface area contributed by atoms with Gasteiger partial charge in [0.05, 0.1) is 11.5 Å². The molecule has 2 atom stereocenters. The van der Waals surface area contributed by atoms with Gasteiger partial charge in [-0.2, -0.15) is 0 Å². The van der Waals surface area contributed by atoms with Crippen molar-refractivity contribution in [2.45, 2.75) is 19.3 Å². The molecular formula is C21H18FNO5. The molecule has 2 aromatic carbocycles. The number of rotatable bonds is 5. The number of hydrogen-bond donors (Lipinski definition) is 0. The number of nitro groups is 1. The lowest BCUT2D eigenvalue weighted by atomic mass is 9.73. The number of non-ortho nitro benzene ring substituents is 1. The topological polar surface area (TPSA) is 86.5 Å². The summed E-state index contributed by atoms with van der Waals surface area (Å²) in [4.78, 5) is 35.6. The minimum atomic E-state index is -1.02. The molecule has 0 unspecified atom stereocenters. The van der Waals surface area contributed by atoms with Gasteiger partial charge in [-0.3, -0.25) is 19.7 Å². The molecule has 1 aliphatic carbocycles. The van der Waals surface area contributed by atoms with E-state index in [0.717, 1.165) is 0 Å². The van der Waals surface area contributed by atoms with Crippen LogP contribution in [0.1, 0.15) is 30.4 Å². The van der Waals surface area contributed by atoms with E-state index in [1.54, 1.807) is 31.2 Å². The van der Waals surface area contributed by atoms with Crippen molar-refractivity contribution in [2.75, 3.05) is 6.61 Å². The highest BCUT2D eigenvalue weighted by Crippen LogP contribution is 2.40. The number of carbonyl (C=O) groups is 2. The fourth-order valence-corrected chi connectivity index (χ4v) is 3.40. The van der Waals surface area contributed by atoms with E-state index in [9.17, 15) is 24.1 Å². The van der Waals surface area contributed by atoms with Gasteiger partial charge in [-0.15, -0.1) is 0 Å². The molecule has 0 fully saturated rings. The molecule has 0 amide bonds. The average molecular weight is 383 g/mol. The predicted octanol–water partition coefficient (Wildman–Crippen LogP) is 4.05. The smallest absolute Gasteiger partial charge is 0.317 e. The molecule has 0 saturated carbocycles. The number of carbonyl (C=O) groups excluding carboxylic acids is 2. The highest BCUT2D eigenvalue weighted by molar-refractivity contribution is 6.10. The number of allylic oxidation sites excluding steroid dienone is 2. The minimum Gasteiger partial charge on any atom is -0.465 e. The van der Waals surface area contributed by atoms with Gasteiger partial charge in [0.15, 0.2) is 5.78 Å². The Kier molecular flexibility index (Phi) is 5.63. The van der Waals surface area contributed by atoms with Crippen molar-refractivity contribution in [3.63, 3.8) is 0 Å². The Morgan fingerprint density at radius 3 is 2.39 bits per heavy atom. The van der Waals surface area contributed by atoms with Crippen LogP contribution >= 0.6 is 0 Å². The largest absolute Gasteiger partial charge is 0.465 e. The SMILES string of the molecule is CCOC(=O)[C@H]1C(=O)C=C(c2ccc(F)cc2)C[C@@H]1c1ccc([N+](=O)[O-])cc1. The van der Waals surface area contributed by atoms with Crippen molar-refractivity contribution in [3.05, 3.63) is 81.7 Å². The van der Waals surface area contributed by atoms with Crippen LogP contribution in [-0.4, -0.2) is 23.3 Å². The monoisotopic (exact) mass is 383 g/mol. The fourth-order valence-electron chi connectivity index (χ4n) is 3.40. The highest BCUT2D eigenvalue weighted by Gasteiger charge is 2.39. The van der Waals surface area contributed by atoms with Crippen LogP contribution in [0.5, 0.6) is 0 Å². The van der Waals surface area contributed by atoms with Crippen LogP contribution in [0.15, 0.2) is 54.6 Å². The Balaban J connectivity index is 2.00. The quantitative estimate of drug-likeness (QED) is 0.336. The normalized spacial score (nSPS) is 19.1. The van der Waals surface area contributed by atoms with Gasteiger partial charge in [0.1, 0.15) is 11.7 Å². The van der Waals surface area contributed by atoms with Crippen LogP contribution < -0.4 is 0 Å². The number of hydrogen-bond acceptors (Lipinski definition) is 5. The molecule has 1 aliphatic rings. The first-order valence-corrected chi connectivity index (χ1v) is 8.82. The molecule has 3 rings (SSSR count). The number of ether oxygens (including phenoxy) is 1. The summed E-state index contributed by atoms with van der Waals surface area (Å²) < 4.78 is 18.3. The van der Waals surface area contributed by atoms with Gasteiger partial charge >= 0.3 is 5.97 Å². The van der Waals surface area contributed by atoms with Gasteiger partial charge in [-0.05, 0) is 48.3 Å². The summed E-state index contributed by atoms with van der Waals surface area (Å²) in [6.45, 7) is 1.80. The van der Waals surface area contributed by atoms with Gasteiger partial charge < -0.3 is 4.74 Å². The molecule has 28 heavy (non-hydrogen) atoms. The van der Waals surface area contributed by atoms with E-state index in [4.69, 9.17) is 4.74 Å². The lowest BCUT2D eigenvalue weighted by Gasteiger charge is -2.29. The van der Waals surface area contributed by atoms with Gasteiger partial charge in [0.25, 0.3) is 5.69 Å². The van der Waals surface area contributed by atoms with E-state index >= 15 is 0 Å². The van der Waals surface area contributed by atoms with Crippen LogP contribution in [0.3, 0.4) is 0 Å². The third-order valence-electron chi connectivity index (χ3n) is 4.75. The Hall–Kier alpha value is -3.35. The molecule has 7 heteroatoms. The maximum absolute atomic E-state index is 13.2. The minimum absolute atomic E-state index is 0.0760. The molecule has 144 valence electrons. The second kappa shape index (κ2) is 8.12. The zero-order valence-electron chi connectivity index (χ0n) is 15.1. The summed E-state index contributed by atoms with van der Waals surface area (Å²) in [5.74, 6) is -2.96. The lowest BCUT2D eigenvalue weighted by Crippen LogP contribution is -2.34. The molecule has 0 spiro atoms. The summed E-state index contributed by atoms with van der Waals surface area (Å²) in [6, 6.07) is 11.6. The molecule has 2 aromatic rings. The second-order valence-corrected chi connectivity index (χ2v) is 6.47. The lowest BCUT2D eigenvalue weighted by molar-refractivity contribution is -0.384. The van der Waals surface area contributed by atoms with Crippen molar-refractivity contribution in [1.29, 1.82) is 0 Å². The zero-order chi connectivity index (χ0) is 20.3. The van der Waals surface area contributed by atoms with E-state index in [2.05, 4.69) is 0 Å². The molecule has 0 aliphatic heterocycles. The zero-order valence-corrected chi connectivity index (χ0v) is 15.1. The van der Waals surface area contributed by atoms with E-state index in [0.29, 0.717) is 23.1 Å². The van der Waals surface area contributed by atoms with Crippen molar-refractivity contribution < 1.29 is 23.6 Å². The first-order chi connectivity index (χ1) is 13.4. The summed E-state index contributed by atoms with van der Waals surface area (Å²) in [6.07, 6.45) is 1.75. The third-order valence-corrected chi connectivity index (χ3v) is 4.75. The standard InChI is InChI=1S/C21H18FNO5/c1-2-28-21(25)20-18(14-5-9-17(10-6-14)23(26)27)11-15(12-19(20)24)13-3-7-16(22)8-4-13/h3-10,12,18,20H,2,11H2,1H3/t18-,20-/m1/s1. The Morgan fingerprint density at radius 2 is 1.82 bits per heavy atom. The van der Waals surface area contributed by atoms with Crippen molar-refractivity contribution in [2.24, 2.45) is 5.92 Å². The van der Waals surface area contributed by atoms with Crippen LogP contribution in [-0.2, 0) is 14.3 Å². The number of benzene rings is 2. The van der Waals surface area contributed by atoms with E-state index in [-0.39, 0.29) is 18.1 Å². The third kappa shape index (κ3) is 3.98. The van der Waals surface area contributed by atoms with Crippen LogP contribution in [0.2, 0.25) is 0 Å². The van der Waals surface area contributed by atoms with Gasteiger partial charge in [0, 0.05) is 18.1 Å². The van der Waals surface area contributed by atoms with Crippen molar-refractivity contribution >= 4 is 23.0 Å². The van der Waals surface area contributed by atoms with Crippen molar-refractivity contribution in [3.8, 4) is 0 Å². The van der Waals surface area contributed by atoms with E-state index in [1.807, 2.05) is 0 Å². The maximum Gasteiger partial charge on any atom is 0.317 e. The van der Waals surface area contributed by atoms with Gasteiger partial charge in [-0.1, -0.05) is 24.3 Å². The number of halogens is 1. The molecule has 6 nitrogen and oxygen atoms in total. The van der Waals surface area contributed by atoms with E-state index in [1.165, 1.54) is 30.3 Å². The molecule has 0 radical (unpaired) electrons. The number of nitro benzene ring substituents is 1. The molecule has 0 N–H and O–H groups in total. The fraction of sp³-hybridized carbons (Fsp3) is 0.238. The van der Waals surface area contributed by atoms with Crippen LogP contribution in [0.4, 0.5) is 10.1 Å². The first kappa shape index (κ1) is 19.4. The molecule has 0 bridgehead atoms. The van der Waals surface area contributed by atoms with Crippen LogP contribution in [0.25, 0.3) is 5.57 Å². The van der Waals surface area contributed by atoms with Crippen LogP contribution in [0, 0.1) is 21.8 Å².